The second-order valence-corrected chi connectivity index (χ2v) is 5.96. The van der Waals surface area contributed by atoms with E-state index in [-0.39, 0.29) is 0 Å². The summed E-state index contributed by atoms with van der Waals surface area (Å²) in [5.74, 6) is 1.83. The molecule has 0 bridgehead atoms. The number of ether oxygens (including phenoxy) is 1. The van der Waals surface area contributed by atoms with Crippen molar-refractivity contribution >= 4 is 22.1 Å². The molecule has 4 aromatic carbocycles. The molecule has 1 aliphatic heterocycles. The smallest absolute Gasteiger partial charge is 0.135 e. The van der Waals surface area contributed by atoms with Crippen molar-refractivity contribution in [3.63, 3.8) is 0 Å². The fraction of sp³-hybridized carbons (Fsp3) is 0. The predicted octanol–water partition coefficient (Wildman–Crippen LogP) is 6.36. The van der Waals surface area contributed by atoms with Crippen LogP contribution in [0.5, 0.6) is 11.5 Å². The Hall–Kier alpha value is -3.26. The van der Waals surface area contributed by atoms with Crippen LogP contribution in [0.2, 0.25) is 0 Å². The molecule has 24 heavy (non-hydrogen) atoms. The molecule has 114 valence electrons. The molecule has 0 amide bonds. The van der Waals surface area contributed by atoms with Crippen LogP contribution in [-0.2, 0) is 0 Å². The highest BCUT2D eigenvalue weighted by Crippen LogP contribution is 2.47. The van der Waals surface area contributed by atoms with Crippen molar-refractivity contribution < 1.29 is 4.74 Å². The Morgan fingerprint density at radius 2 is 1.42 bits per heavy atom. The SMILES string of the molecule is c1ccc(Nc2ccc3c(c2)-c2cccc4cccc(c24)O3)cc1. The molecule has 0 aromatic heterocycles. The van der Waals surface area contributed by atoms with Crippen LogP contribution in [0.15, 0.2) is 84.9 Å². The second kappa shape index (κ2) is 5.14. The number of nitrogens with one attached hydrogen (secondary N) is 1. The van der Waals surface area contributed by atoms with Crippen LogP contribution < -0.4 is 10.1 Å². The van der Waals surface area contributed by atoms with E-state index < -0.39 is 0 Å². The Kier molecular flexibility index (Phi) is 2.83. The number of hydrogen-bond acceptors (Lipinski definition) is 2. The molecule has 0 spiro atoms. The maximum absolute atomic E-state index is 6.13. The molecule has 1 N–H and O–H groups in total. The van der Waals surface area contributed by atoms with Gasteiger partial charge >= 0.3 is 0 Å². The quantitative estimate of drug-likeness (QED) is 0.410. The van der Waals surface area contributed by atoms with Gasteiger partial charge in [0.15, 0.2) is 0 Å². The molecule has 2 heteroatoms. The standard InChI is InChI=1S/C22H15NO/c1-2-8-16(9-3-1)23-17-12-13-20-19(14-17)18-10-4-6-15-7-5-11-21(24-20)22(15)18/h1-14,23H. The van der Waals surface area contributed by atoms with E-state index in [4.69, 9.17) is 4.74 Å². The summed E-state index contributed by atoms with van der Waals surface area (Å²) in [7, 11) is 0. The van der Waals surface area contributed by atoms with Crippen LogP contribution in [0.1, 0.15) is 0 Å². The number of para-hydroxylation sites is 1. The number of hydrogen-bond donors (Lipinski definition) is 1. The largest absolute Gasteiger partial charge is 0.456 e. The van der Waals surface area contributed by atoms with Gasteiger partial charge in [-0.25, -0.2) is 0 Å². The van der Waals surface area contributed by atoms with Gasteiger partial charge in [-0.15, -0.1) is 0 Å². The van der Waals surface area contributed by atoms with Gasteiger partial charge in [0, 0.05) is 22.3 Å². The van der Waals surface area contributed by atoms with E-state index in [1.54, 1.807) is 0 Å². The fourth-order valence-corrected chi connectivity index (χ4v) is 3.33. The molecular formula is C22H15NO. The Bertz CT molecular complexity index is 1050. The van der Waals surface area contributed by atoms with E-state index in [0.717, 1.165) is 28.4 Å². The summed E-state index contributed by atoms with van der Waals surface area (Å²) >= 11 is 0. The van der Waals surface area contributed by atoms with Gasteiger partial charge in [-0.1, -0.05) is 48.5 Å². The highest BCUT2D eigenvalue weighted by molar-refractivity contribution is 6.04. The average molecular weight is 309 g/mol. The van der Waals surface area contributed by atoms with Crippen molar-refractivity contribution in [1.82, 2.24) is 0 Å². The summed E-state index contributed by atoms with van der Waals surface area (Å²) < 4.78 is 6.13. The molecule has 5 rings (SSSR count). The van der Waals surface area contributed by atoms with Gasteiger partial charge in [-0.2, -0.15) is 0 Å². The van der Waals surface area contributed by atoms with E-state index in [1.165, 1.54) is 16.3 Å². The van der Waals surface area contributed by atoms with Crippen LogP contribution >= 0.6 is 0 Å². The minimum absolute atomic E-state index is 0.903. The van der Waals surface area contributed by atoms with E-state index in [9.17, 15) is 0 Å². The van der Waals surface area contributed by atoms with Crippen molar-refractivity contribution in [2.24, 2.45) is 0 Å². The summed E-state index contributed by atoms with van der Waals surface area (Å²) in [5, 5.41) is 5.84. The lowest BCUT2D eigenvalue weighted by Gasteiger charge is -2.22. The molecule has 0 saturated carbocycles. The maximum Gasteiger partial charge on any atom is 0.135 e. The zero-order valence-corrected chi connectivity index (χ0v) is 13.0. The first-order chi connectivity index (χ1) is 11.9. The lowest BCUT2D eigenvalue weighted by Crippen LogP contribution is -1.98. The van der Waals surface area contributed by atoms with Crippen molar-refractivity contribution in [3.8, 4) is 22.6 Å². The first-order valence-electron chi connectivity index (χ1n) is 8.04. The van der Waals surface area contributed by atoms with Gasteiger partial charge in [0.05, 0.1) is 0 Å². The first-order valence-corrected chi connectivity index (χ1v) is 8.04. The summed E-state index contributed by atoms with van der Waals surface area (Å²) in [5.41, 5.74) is 4.48. The third-order valence-electron chi connectivity index (χ3n) is 4.42. The summed E-state index contributed by atoms with van der Waals surface area (Å²) in [6.45, 7) is 0. The lowest BCUT2D eigenvalue weighted by molar-refractivity contribution is 0.487. The topological polar surface area (TPSA) is 21.3 Å². The van der Waals surface area contributed by atoms with Gasteiger partial charge in [0.2, 0.25) is 0 Å². The Morgan fingerprint density at radius 1 is 0.583 bits per heavy atom. The molecule has 1 heterocycles. The Balaban J connectivity index is 1.66. The maximum atomic E-state index is 6.13. The highest BCUT2D eigenvalue weighted by atomic mass is 16.5. The zero-order valence-electron chi connectivity index (χ0n) is 13.0. The summed E-state index contributed by atoms with van der Waals surface area (Å²) in [4.78, 5) is 0. The monoisotopic (exact) mass is 309 g/mol. The van der Waals surface area contributed by atoms with Crippen LogP contribution in [0, 0.1) is 0 Å². The van der Waals surface area contributed by atoms with Crippen LogP contribution in [-0.4, -0.2) is 0 Å². The first kappa shape index (κ1) is 13.2. The molecule has 0 radical (unpaired) electrons. The second-order valence-electron chi connectivity index (χ2n) is 5.96. The molecule has 0 aliphatic carbocycles. The minimum Gasteiger partial charge on any atom is -0.456 e. The third-order valence-corrected chi connectivity index (χ3v) is 4.42. The van der Waals surface area contributed by atoms with Gasteiger partial charge in [-0.3, -0.25) is 0 Å². The molecule has 0 atom stereocenters. The Labute approximate surface area is 140 Å². The van der Waals surface area contributed by atoms with Crippen molar-refractivity contribution in [3.05, 3.63) is 84.9 Å². The number of fused-ring (bicyclic) bond motifs is 2. The minimum atomic E-state index is 0.903. The third kappa shape index (κ3) is 2.04. The van der Waals surface area contributed by atoms with Crippen LogP contribution in [0.4, 0.5) is 11.4 Å². The summed E-state index contributed by atoms with van der Waals surface area (Å²) in [6, 6.07) is 29.0. The van der Waals surface area contributed by atoms with E-state index in [0.29, 0.717) is 0 Å². The van der Waals surface area contributed by atoms with Gasteiger partial charge in [-0.05, 0) is 47.3 Å². The molecule has 0 fully saturated rings. The van der Waals surface area contributed by atoms with Crippen molar-refractivity contribution in [2.75, 3.05) is 5.32 Å². The fourth-order valence-electron chi connectivity index (χ4n) is 3.33. The van der Waals surface area contributed by atoms with Gasteiger partial charge < -0.3 is 10.1 Å². The van der Waals surface area contributed by atoms with E-state index >= 15 is 0 Å². The van der Waals surface area contributed by atoms with Gasteiger partial charge in [0.25, 0.3) is 0 Å². The van der Waals surface area contributed by atoms with Crippen molar-refractivity contribution in [2.45, 2.75) is 0 Å². The van der Waals surface area contributed by atoms with E-state index in [1.807, 2.05) is 36.4 Å². The predicted molar refractivity (Wildman–Crippen MR) is 99.2 cm³/mol. The molecule has 0 saturated heterocycles. The van der Waals surface area contributed by atoms with Crippen LogP contribution in [0.25, 0.3) is 21.9 Å². The van der Waals surface area contributed by atoms with Crippen LogP contribution in [0.3, 0.4) is 0 Å². The number of rotatable bonds is 2. The number of benzene rings is 4. The zero-order chi connectivity index (χ0) is 15.9. The molecule has 4 aromatic rings. The van der Waals surface area contributed by atoms with Crippen molar-refractivity contribution in [1.29, 1.82) is 0 Å². The highest BCUT2D eigenvalue weighted by Gasteiger charge is 2.19. The normalized spacial score (nSPS) is 11.7. The summed E-state index contributed by atoms with van der Waals surface area (Å²) in [6.07, 6.45) is 0. The number of anilines is 2. The Morgan fingerprint density at radius 3 is 2.29 bits per heavy atom. The van der Waals surface area contributed by atoms with E-state index in [2.05, 4.69) is 53.8 Å². The van der Waals surface area contributed by atoms with Gasteiger partial charge in [0.1, 0.15) is 11.5 Å². The molecule has 0 unspecified atom stereocenters. The lowest BCUT2D eigenvalue weighted by atomic mass is 9.94. The molecule has 2 nitrogen and oxygen atoms in total. The average Bonchev–Trinajstić information content (AvgIpc) is 2.64. The molecule has 1 aliphatic rings. The molecular weight excluding hydrogens is 294 g/mol.